The summed E-state index contributed by atoms with van der Waals surface area (Å²) >= 11 is 0. The molecule has 0 radical (unpaired) electrons. The van der Waals surface area contributed by atoms with Gasteiger partial charge in [-0.3, -0.25) is 4.79 Å². The summed E-state index contributed by atoms with van der Waals surface area (Å²) in [5.41, 5.74) is -1.09. The minimum atomic E-state index is -1.22. The van der Waals surface area contributed by atoms with Crippen LogP contribution in [0, 0.1) is 11.6 Å². The van der Waals surface area contributed by atoms with Crippen molar-refractivity contribution in [3.8, 4) is 5.75 Å². The molecule has 1 aromatic carbocycles. The van der Waals surface area contributed by atoms with Gasteiger partial charge in [0.05, 0.1) is 0 Å². The van der Waals surface area contributed by atoms with Crippen molar-refractivity contribution >= 4 is 5.91 Å². The topological polar surface area (TPSA) is 49.3 Å². The van der Waals surface area contributed by atoms with Crippen molar-refractivity contribution in [1.29, 1.82) is 0 Å². The van der Waals surface area contributed by atoms with Crippen molar-refractivity contribution in [2.24, 2.45) is 0 Å². The summed E-state index contributed by atoms with van der Waals surface area (Å²) in [6.07, 6.45) is 1.58. The number of carbonyl (C=O) groups is 1. The highest BCUT2D eigenvalue weighted by Crippen LogP contribution is 2.35. The van der Waals surface area contributed by atoms with Crippen molar-refractivity contribution < 1.29 is 18.7 Å². The van der Waals surface area contributed by atoms with Crippen LogP contribution in [0.3, 0.4) is 0 Å². The van der Waals surface area contributed by atoms with E-state index in [1.807, 2.05) is 0 Å². The fourth-order valence-corrected chi connectivity index (χ4v) is 1.40. The molecule has 2 rings (SSSR count). The van der Waals surface area contributed by atoms with E-state index in [2.05, 4.69) is 5.32 Å². The fourth-order valence-electron chi connectivity index (χ4n) is 1.40. The fraction of sp³-hybridized carbons (Fsp3) is 0.364. The van der Waals surface area contributed by atoms with Crippen LogP contribution in [0.4, 0.5) is 8.78 Å². The minimum Gasteiger partial charge on any atom is -0.505 e. The predicted molar refractivity (Wildman–Crippen MR) is 53.1 cm³/mol. The number of amides is 1. The summed E-state index contributed by atoms with van der Waals surface area (Å²) in [5, 5.41) is 11.6. The maximum Gasteiger partial charge on any atom is 0.257 e. The zero-order chi connectivity index (χ0) is 11.9. The Morgan fingerprint density at radius 3 is 2.62 bits per heavy atom. The van der Waals surface area contributed by atoms with Crippen LogP contribution in [0.25, 0.3) is 0 Å². The van der Waals surface area contributed by atoms with Gasteiger partial charge in [0.2, 0.25) is 0 Å². The van der Waals surface area contributed by atoms with Crippen LogP contribution in [-0.4, -0.2) is 16.6 Å². The van der Waals surface area contributed by atoms with Gasteiger partial charge in [0.15, 0.2) is 11.6 Å². The Morgan fingerprint density at radius 1 is 1.44 bits per heavy atom. The molecule has 1 amide bonds. The summed E-state index contributed by atoms with van der Waals surface area (Å²) in [6, 6.07) is 1.74. The molecular weight excluding hydrogens is 216 g/mol. The van der Waals surface area contributed by atoms with E-state index in [0.717, 1.165) is 25.0 Å². The average molecular weight is 227 g/mol. The second kappa shape index (κ2) is 3.43. The summed E-state index contributed by atoms with van der Waals surface area (Å²) < 4.78 is 26.6. The van der Waals surface area contributed by atoms with E-state index in [0.29, 0.717) is 0 Å². The molecule has 3 nitrogen and oxygen atoms in total. The zero-order valence-corrected chi connectivity index (χ0v) is 8.68. The maximum absolute atomic E-state index is 13.4. The number of phenolic OH excluding ortho intramolecular Hbond substituents is 1. The van der Waals surface area contributed by atoms with E-state index < -0.39 is 28.9 Å². The lowest BCUT2D eigenvalue weighted by Gasteiger charge is -2.12. The molecule has 0 bridgehead atoms. The summed E-state index contributed by atoms with van der Waals surface area (Å²) in [5.74, 6) is -3.75. The van der Waals surface area contributed by atoms with Gasteiger partial charge in [-0.15, -0.1) is 0 Å². The SMILES string of the molecule is CC1(NC(=O)c2c(F)ccc(O)c2F)CC1. The first-order valence-corrected chi connectivity index (χ1v) is 4.92. The molecule has 1 fully saturated rings. The number of phenols is 1. The predicted octanol–water partition coefficient (Wildman–Crippen LogP) is 1.95. The van der Waals surface area contributed by atoms with Crippen LogP contribution in [-0.2, 0) is 0 Å². The van der Waals surface area contributed by atoms with E-state index in [4.69, 9.17) is 5.11 Å². The van der Waals surface area contributed by atoms with Gasteiger partial charge >= 0.3 is 0 Å². The van der Waals surface area contributed by atoms with Crippen molar-refractivity contribution in [3.63, 3.8) is 0 Å². The summed E-state index contributed by atoms with van der Waals surface area (Å²) in [4.78, 5) is 11.6. The molecule has 0 aromatic heterocycles. The average Bonchev–Trinajstić information content (AvgIpc) is 2.90. The first-order valence-electron chi connectivity index (χ1n) is 4.92. The quantitative estimate of drug-likeness (QED) is 0.811. The number of rotatable bonds is 2. The van der Waals surface area contributed by atoms with Gasteiger partial charge < -0.3 is 10.4 Å². The van der Waals surface area contributed by atoms with Gasteiger partial charge in [0.25, 0.3) is 5.91 Å². The molecular formula is C11H11F2NO2. The molecule has 5 heteroatoms. The molecule has 1 aliphatic carbocycles. The third-order valence-corrected chi connectivity index (χ3v) is 2.71. The molecule has 0 atom stereocenters. The molecule has 0 saturated heterocycles. The smallest absolute Gasteiger partial charge is 0.257 e. The lowest BCUT2D eigenvalue weighted by molar-refractivity contribution is 0.0926. The normalized spacial score (nSPS) is 16.9. The highest BCUT2D eigenvalue weighted by Gasteiger charge is 2.39. The number of aromatic hydroxyl groups is 1. The lowest BCUT2D eigenvalue weighted by atomic mass is 10.1. The van der Waals surface area contributed by atoms with Crippen LogP contribution in [0.5, 0.6) is 5.75 Å². The zero-order valence-electron chi connectivity index (χ0n) is 8.68. The Kier molecular flexibility index (Phi) is 2.33. The van der Waals surface area contributed by atoms with E-state index in [9.17, 15) is 13.6 Å². The van der Waals surface area contributed by atoms with E-state index in [1.54, 1.807) is 6.92 Å². The first-order chi connectivity index (χ1) is 7.43. The number of halogens is 2. The van der Waals surface area contributed by atoms with Gasteiger partial charge in [-0.25, -0.2) is 8.78 Å². The molecule has 1 saturated carbocycles. The Bertz CT molecular complexity index is 456. The Morgan fingerprint density at radius 2 is 2.06 bits per heavy atom. The van der Waals surface area contributed by atoms with Gasteiger partial charge in [-0.2, -0.15) is 0 Å². The largest absolute Gasteiger partial charge is 0.505 e. The Balaban J connectivity index is 2.32. The standard InChI is InChI=1S/C11H11F2NO2/c1-11(4-5-11)14-10(16)8-6(12)2-3-7(15)9(8)13/h2-3,15H,4-5H2,1H3,(H,14,16). The first kappa shape index (κ1) is 10.9. The van der Waals surface area contributed by atoms with Crippen molar-refractivity contribution in [2.75, 3.05) is 0 Å². The molecule has 1 aliphatic rings. The second-order valence-electron chi connectivity index (χ2n) is 4.27. The summed E-state index contributed by atoms with van der Waals surface area (Å²) in [7, 11) is 0. The Hall–Kier alpha value is -1.65. The molecule has 0 unspecified atom stereocenters. The van der Waals surface area contributed by atoms with Crippen molar-refractivity contribution in [3.05, 3.63) is 29.3 Å². The molecule has 0 heterocycles. The van der Waals surface area contributed by atoms with Gasteiger partial charge in [-0.1, -0.05) is 0 Å². The van der Waals surface area contributed by atoms with Crippen LogP contribution in [0.1, 0.15) is 30.1 Å². The van der Waals surface area contributed by atoms with Crippen LogP contribution in [0.2, 0.25) is 0 Å². The molecule has 16 heavy (non-hydrogen) atoms. The maximum atomic E-state index is 13.4. The molecule has 2 N–H and O–H groups in total. The molecule has 0 spiro atoms. The van der Waals surface area contributed by atoms with Gasteiger partial charge in [-0.05, 0) is 31.9 Å². The third kappa shape index (κ3) is 1.85. The van der Waals surface area contributed by atoms with Crippen LogP contribution >= 0.6 is 0 Å². The highest BCUT2D eigenvalue weighted by atomic mass is 19.1. The van der Waals surface area contributed by atoms with Gasteiger partial charge in [0.1, 0.15) is 11.4 Å². The van der Waals surface area contributed by atoms with Crippen LogP contribution in [0.15, 0.2) is 12.1 Å². The third-order valence-electron chi connectivity index (χ3n) is 2.71. The minimum absolute atomic E-state index is 0.360. The monoisotopic (exact) mass is 227 g/mol. The Labute approximate surface area is 91.1 Å². The van der Waals surface area contributed by atoms with E-state index in [-0.39, 0.29) is 5.54 Å². The number of carbonyl (C=O) groups excluding carboxylic acids is 1. The van der Waals surface area contributed by atoms with Gasteiger partial charge in [0, 0.05) is 5.54 Å². The van der Waals surface area contributed by atoms with E-state index >= 15 is 0 Å². The highest BCUT2D eigenvalue weighted by molar-refractivity contribution is 5.95. The summed E-state index contributed by atoms with van der Waals surface area (Å²) in [6.45, 7) is 1.80. The number of hydrogen-bond acceptors (Lipinski definition) is 2. The lowest BCUT2D eigenvalue weighted by Crippen LogP contribution is -2.35. The van der Waals surface area contributed by atoms with Crippen LogP contribution < -0.4 is 5.32 Å². The molecule has 1 aromatic rings. The van der Waals surface area contributed by atoms with E-state index in [1.165, 1.54) is 0 Å². The molecule has 86 valence electrons. The number of nitrogens with one attached hydrogen (secondary N) is 1. The molecule has 0 aliphatic heterocycles. The van der Waals surface area contributed by atoms with Crippen molar-refractivity contribution in [2.45, 2.75) is 25.3 Å². The van der Waals surface area contributed by atoms with Crippen molar-refractivity contribution in [1.82, 2.24) is 5.32 Å². The number of hydrogen-bond donors (Lipinski definition) is 2. The number of benzene rings is 1. The second-order valence-corrected chi connectivity index (χ2v) is 4.27.